The standard InChI is InChI=1S/C12H11FN2O2/c1-8-4-9(2-3-10(8)13)11-5-15(7-14-11)6-12(16)17/h2-5,7H,6H2,1H3,(H,16,17). The second-order valence-corrected chi connectivity index (χ2v) is 3.79. The first-order valence-corrected chi connectivity index (χ1v) is 5.06. The number of rotatable bonds is 3. The van der Waals surface area contributed by atoms with Gasteiger partial charge in [0, 0.05) is 11.8 Å². The zero-order chi connectivity index (χ0) is 12.4. The molecule has 0 aliphatic carbocycles. The predicted molar refractivity (Wildman–Crippen MR) is 60.0 cm³/mol. The van der Waals surface area contributed by atoms with Gasteiger partial charge in [-0.15, -0.1) is 0 Å². The van der Waals surface area contributed by atoms with Gasteiger partial charge < -0.3 is 9.67 Å². The Morgan fingerprint density at radius 1 is 1.53 bits per heavy atom. The summed E-state index contributed by atoms with van der Waals surface area (Å²) in [5.41, 5.74) is 1.94. The lowest BCUT2D eigenvalue weighted by Crippen LogP contribution is -2.06. The molecule has 1 aromatic carbocycles. The molecule has 0 amide bonds. The summed E-state index contributed by atoms with van der Waals surface area (Å²) in [5, 5.41) is 8.63. The minimum Gasteiger partial charge on any atom is -0.480 e. The number of nitrogens with zero attached hydrogens (tertiary/aromatic N) is 2. The molecule has 17 heavy (non-hydrogen) atoms. The number of halogens is 1. The van der Waals surface area contributed by atoms with E-state index in [0.717, 1.165) is 5.56 Å². The third-order valence-corrected chi connectivity index (χ3v) is 2.40. The SMILES string of the molecule is Cc1cc(-c2cn(CC(=O)O)cn2)ccc1F. The molecular weight excluding hydrogens is 223 g/mol. The lowest BCUT2D eigenvalue weighted by molar-refractivity contribution is -0.137. The van der Waals surface area contributed by atoms with Gasteiger partial charge in [0.15, 0.2) is 0 Å². The summed E-state index contributed by atoms with van der Waals surface area (Å²) in [6.45, 7) is 1.54. The van der Waals surface area contributed by atoms with Crippen molar-refractivity contribution in [3.8, 4) is 11.3 Å². The molecular formula is C12H11FN2O2. The highest BCUT2D eigenvalue weighted by Crippen LogP contribution is 2.19. The van der Waals surface area contributed by atoms with Gasteiger partial charge in [0.2, 0.25) is 0 Å². The smallest absolute Gasteiger partial charge is 0.323 e. The monoisotopic (exact) mass is 234 g/mol. The Labute approximate surface area is 97.3 Å². The van der Waals surface area contributed by atoms with E-state index >= 15 is 0 Å². The molecule has 0 fully saturated rings. The Morgan fingerprint density at radius 3 is 2.94 bits per heavy atom. The number of carboxylic acids is 1. The van der Waals surface area contributed by atoms with Crippen LogP contribution in [0.4, 0.5) is 4.39 Å². The van der Waals surface area contributed by atoms with Crippen LogP contribution >= 0.6 is 0 Å². The fourth-order valence-electron chi connectivity index (χ4n) is 1.56. The summed E-state index contributed by atoms with van der Waals surface area (Å²) in [5.74, 6) is -1.19. The van der Waals surface area contributed by atoms with Gasteiger partial charge in [0.05, 0.1) is 12.0 Å². The van der Waals surface area contributed by atoms with Gasteiger partial charge in [-0.2, -0.15) is 0 Å². The maximum absolute atomic E-state index is 13.1. The summed E-state index contributed by atoms with van der Waals surface area (Å²) in [6.07, 6.45) is 3.07. The molecule has 0 aliphatic heterocycles. The summed E-state index contributed by atoms with van der Waals surface area (Å²) in [7, 11) is 0. The molecule has 1 heterocycles. The first-order chi connectivity index (χ1) is 8.06. The van der Waals surface area contributed by atoms with Crippen molar-refractivity contribution in [1.29, 1.82) is 0 Å². The summed E-state index contributed by atoms with van der Waals surface area (Å²) in [4.78, 5) is 14.6. The molecule has 0 unspecified atom stereocenters. The largest absolute Gasteiger partial charge is 0.480 e. The fraction of sp³-hybridized carbons (Fsp3) is 0.167. The van der Waals surface area contributed by atoms with E-state index < -0.39 is 5.97 Å². The van der Waals surface area contributed by atoms with Gasteiger partial charge in [-0.05, 0) is 30.7 Å². The maximum Gasteiger partial charge on any atom is 0.323 e. The van der Waals surface area contributed by atoms with E-state index in [1.165, 1.54) is 17.0 Å². The van der Waals surface area contributed by atoms with Crippen LogP contribution in [0, 0.1) is 12.7 Å². The molecule has 1 aromatic heterocycles. The van der Waals surface area contributed by atoms with Gasteiger partial charge in [-0.25, -0.2) is 9.37 Å². The Hall–Kier alpha value is -2.17. The van der Waals surface area contributed by atoms with Crippen LogP contribution in [0.2, 0.25) is 0 Å². The predicted octanol–water partition coefficient (Wildman–Crippen LogP) is 2.08. The highest BCUT2D eigenvalue weighted by Gasteiger charge is 2.06. The van der Waals surface area contributed by atoms with Crippen molar-refractivity contribution in [3.05, 3.63) is 42.1 Å². The number of benzene rings is 1. The molecule has 1 N–H and O–H groups in total. The van der Waals surface area contributed by atoms with Crippen LogP contribution in [-0.2, 0) is 11.3 Å². The van der Waals surface area contributed by atoms with E-state index in [4.69, 9.17) is 5.11 Å². The maximum atomic E-state index is 13.1. The molecule has 2 aromatic rings. The van der Waals surface area contributed by atoms with Crippen molar-refractivity contribution >= 4 is 5.97 Å². The van der Waals surface area contributed by atoms with E-state index in [1.54, 1.807) is 25.3 Å². The van der Waals surface area contributed by atoms with Crippen LogP contribution in [0.25, 0.3) is 11.3 Å². The first kappa shape index (κ1) is 11.3. The van der Waals surface area contributed by atoms with E-state index in [1.807, 2.05) is 0 Å². The van der Waals surface area contributed by atoms with Gasteiger partial charge in [-0.1, -0.05) is 0 Å². The molecule has 4 nitrogen and oxygen atoms in total. The van der Waals surface area contributed by atoms with Crippen LogP contribution in [0.5, 0.6) is 0 Å². The quantitative estimate of drug-likeness (QED) is 0.884. The summed E-state index contributed by atoms with van der Waals surface area (Å²) in [6, 6.07) is 4.68. The van der Waals surface area contributed by atoms with Gasteiger partial charge in [0.25, 0.3) is 0 Å². The minimum absolute atomic E-state index is 0.132. The van der Waals surface area contributed by atoms with Crippen molar-refractivity contribution in [1.82, 2.24) is 9.55 Å². The van der Waals surface area contributed by atoms with E-state index in [9.17, 15) is 9.18 Å². The number of aliphatic carboxylic acids is 1. The lowest BCUT2D eigenvalue weighted by atomic mass is 10.1. The van der Waals surface area contributed by atoms with E-state index in [0.29, 0.717) is 11.3 Å². The molecule has 0 atom stereocenters. The number of carbonyl (C=O) groups is 1. The molecule has 0 saturated heterocycles. The third kappa shape index (κ3) is 2.50. The molecule has 0 bridgehead atoms. The second-order valence-electron chi connectivity index (χ2n) is 3.79. The molecule has 2 rings (SSSR count). The number of hydrogen-bond acceptors (Lipinski definition) is 2. The Morgan fingerprint density at radius 2 is 2.29 bits per heavy atom. The van der Waals surface area contributed by atoms with Gasteiger partial charge in [-0.3, -0.25) is 4.79 Å². The van der Waals surface area contributed by atoms with Crippen molar-refractivity contribution in [3.63, 3.8) is 0 Å². The highest BCUT2D eigenvalue weighted by molar-refractivity contribution is 5.67. The Kier molecular flexibility index (Phi) is 2.91. The number of carboxylic acid groups (broad SMARTS) is 1. The average Bonchev–Trinajstić information content (AvgIpc) is 2.69. The van der Waals surface area contributed by atoms with E-state index in [-0.39, 0.29) is 12.4 Å². The molecule has 0 radical (unpaired) electrons. The normalized spacial score (nSPS) is 10.5. The molecule has 5 heteroatoms. The van der Waals surface area contributed by atoms with Crippen molar-refractivity contribution in [2.45, 2.75) is 13.5 Å². The van der Waals surface area contributed by atoms with Gasteiger partial charge in [0.1, 0.15) is 12.4 Å². The fourth-order valence-corrected chi connectivity index (χ4v) is 1.56. The molecule has 0 spiro atoms. The van der Waals surface area contributed by atoms with Crippen LogP contribution in [-0.4, -0.2) is 20.6 Å². The number of aryl methyl sites for hydroxylation is 1. The lowest BCUT2D eigenvalue weighted by Gasteiger charge is -2.00. The second kappa shape index (κ2) is 4.37. The Bertz CT molecular complexity index is 563. The molecule has 88 valence electrons. The van der Waals surface area contributed by atoms with Crippen LogP contribution in [0.1, 0.15) is 5.56 Å². The van der Waals surface area contributed by atoms with Crippen molar-refractivity contribution < 1.29 is 14.3 Å². The van der Waals surface area contributed by atoms with Crippen LogP contribution in [0.15, 0.2) is 30.7 Å². The number of hydrogen-bond donors (Lipinski definition) is 1. The summed E-state index contributed by atoms with van der Waals surface area (Å²) < 4.78 is 14.6. The zero-order valence-corrected chi connectivity index (χ0v) is 9.22. The third-order valence-electron chi connectivity index (χ3n) is 2.40. The number of aromatic nitrogens is 2. The van der Waals surface area contributed by atoms with E-state index in [2.05, 4.69) is 4.98 Å². The number of imidazole rings is 1. The minimum atomic E-state index is -0.927. The van der Waals surface area contributed by atoms with Crippen LogP contribution < -0.4 is 0 Å². The zero-order valence-electron chi connectivity index (χ0n) is 9.22. The Balaban J connectivity index is 2.30. The van der Waals surface area contributed by atoms with Crippen molar-refractivity contribution in [2.75, 3.05) is 0 Å². The van der Waals surface area contributed by atoms with Crippen molar-refractivity contribution in [2.24, 2.45) is 0 Å². The van der Waals surface area contributed by atoms with Crippen LogP contribution in [0.3, 0.4) is 0 Å². The topological polar surface area (TPSA) is 55.1 Å². The average molecular weight is 234 g/mol. The molecule has 0 aliphatic rings. The molecule has 0 saturated carbocycles. The van der Waals surface area contributed by atoms with Gasteiger partial charge >= 0.3 is 5.97 Å². The summed E-state index contributed by atoms with van der Waals surface area (Å²) >= 11 is 0. The first-order valence-electron chi connectivity index (χ1n) is 5.06. The highest BCUT2D eigenvalue weighted by atomic mass is 19.1.